The van der Waals surface area contributed by atoms with E-state index in [0.29, 0.717) is 34.3 Å². The molecular formula is C27H30ClN3O3S. The molecule has 0 bridgehead atoms. The summed E-state index contributed by atoms with van der Waals surface area (Å²) in [6, 6.07) is 21.6. The number of halogens is 1. The molecule has 4 rings (SSSR count). The van der Waals surface area contributed by atoms with Crippen LogP contribution in [0.3, 0.4) is 0 Å². The second-order valence-corrected chi connectivity index (χ2v) is 9.18. The van der Waals surface area contributed by atoms with Gasteiger partial charge in [-0.3, -0.25) is 9.69 Å². The first-order valence-corrected chi connectivity index (χ1v) is 12.0. The van der Waals surface area contributed by atoms with Crippen LogP contribution < -0.4 is 14.4 Å². The van der Waals surface area contributed by atoms with Gasteiger partial charge in [-0.05, 0) is 62.5 Å². The fraction of sp³-hybridized carbons (Fsp3) is 0.259. The van der Waals surface area contributed by atoms with Crippen molar-refractivity contribution in [2.75, 3.05) is 46.3 Å². The maximum atomic E-state index is 13.7. The molecular weight excluding hydrogens is 482 g/mol. The Labute approximate surface area is 216 Å². The van der Waals surface area contributed by atoms with Gasteiger partial charge in [0.05, 0.1) is 14.2 Å². The predicted molar refractivity (Wildman–Crippen MR) is 147 cm³/mol. The minimum absolute atomic E-state index is 0. The van der Waals surface area contributed by atoms with Crippen LogP contribution in [0.5, 0.6) is 11.5 Å². The summed E-state index contributed by atoms with van der Waals surface area (Å²) in [6.45, 7) is 1.43. The molecule has 35 heavy (non-hydrogen) atoms. The molecule has 0 atom stereocenters. The number of anilines is 1. The number of rotatable bonds is 9. The average Bonchev–Trinajstić information content (AvgIpc) is 3.31. The zero-order chi connectivity index (χ0) is 24.1. The standard InChI is InChI=1S/C27H29N3O3S.ClH/c1-29(2)17-8-18-30(27-28-24-22(32-3)15-16-23(33-4)25(24)34-27)26(31)21-13-11-20(12-14-21)19-9-6-5-7-10-19;/h5-7,9-16H,8,17-18H2,1-4H3;1H. The summed E-state index contributed by atoms with van der Waals surface area (Å²) in [5, 5.41) is 0.633. The van der Waals surface area contributed by atoms with Gasteiger partial charge in [-0.2, -0.15) is 0 Å². The molecule has 0 saturated carbocycles. The van der Waals surface area contributed by atoms with E-state index in [1.165, 1.54) is 11.3 Å². The quantitative estimate of drug-likeness (QED) is 0.276. The molecule has 0 unspecified atom stereocenters. The van der Waals surface area contributed by atoms with E-state index in [1.807, 2.05) is 68.7 Å². The number of fused-ring (bicyclic) bond motifs is 1. The number of ether oxygens (including phenoxy) is 2. The molecule has 0 fully saturated rings. The van der Waals surface area contributed by atoms with E-state index >= 15 is 0 Å². The lowest BCUT2D eigenvalue weighted by Gasteiger charge is -2.21. The fourth-order valence-corrected chi connectivity index (χ4v) is 4.91. The topological polar surface area (TPSA) is 54.9 Å². The maximum Gasteiger partial charge on any atom is 0.260 e. The molecule has 3 aromatic carbocycles. The third kappa shape index (κ3) is 5.93. The number of hydrogen-bond acceptors (Lipinski definition) is 6. The van der Waals surface area contributed by atoms with E-state index in [2.05, 4.69) is 17.0 Å². The Kier molecular flexibility index (Phi) is 9.09. The normalized spacial score (nSPS) is 10.8. The molecule has 0 aliphatic heterocycles. The Bertz CT molecular complexity index is 1220. The number of methoxy groups -OCH3 is 2. The molecule has 0 aliphatic rings. The summed E-state index contributed by atoms with van der Waals surface area (Å²) >= 11 is 1.44. The van der Waals surface area contributed by atoms with Gasteiger partial charge >= 0.3 is 0 Å². The van der Waals surface area contributed by atoms with Crippen molar-refractivity contribution in [1.29, 1.82) is 0 Å². The molecule has 6 nitrogen and oxygen atoms in total. The Morgan fingerprint density at radius 3 is 2.11 bits per heavy atom. The van der Waals surface area contributed by atoms with Crippen LogP contribution in [0.15, 0.2) is 66.7 Å². The summed E-state index contributed by atoms with van der Waals surface area (Å²) in [6.07, 6.45) is 0.824. The second kappa shape index (κ2) is 12.0. The van der Waals surface area contributed by atoms with Crippen molar-refractivity contribution < 1.29 is 14.3 Å². The van der Waals surface area contributed by atoms with Crippen molar-refractivity contribution in [1.82, 2.24) is 9.88 Å². The van der Waals surface area contributed by atoms with Crippen LogP contribution in [0.25, 0.3) is 21.3 Å². The van der Waals surface area contributed by atoms with Crippen molar-refractivity contribution in [3.05, 3.63) is 72.3 Å². The zero-order valence-corrected chi connectivity index (χ0v) is 22.0. The fourth-order valence-electron chi connectivity index (χ4n) is 3.81. The van der Waals surface area contributed by atoms with Gasteiger partial charge in [-0.1, -0.05) is 53.8 Å². The van der Waals surface area contributed by atoms with Crippen molar-refractivity contribution in [2.24, 2.45) is 0 Å². The number of hydrogen-bond donors (Lipinski definition) is 0. The van der Waals surface area contributed by atoms with E-state index < -0.39 is 0 Å². The minimum atomic E-state index is -0.0737. The molecule has 0 N–H and O–H groups in total. The van der Waals surface area contributed by atoms with Crippen LogP contribution >= 0.6 is 23.7 Å². The number of nitrogens with zero attached hydrogens (tertiary/aromatic N) is 3. The van der Waals surface area contributed by atoms with E-state index in [9.17, 15) is 4.79 Å². The van der Waals surface area contributed by atoms with Crippen molar-refractivity contribution in [3.8, 4) is 22.6 Å². The number of aromatic nitrogens is 1. The first-order valence-electron chi connectivity index (χ1n) is 11.2. The Morgan fingerprint density at radius 2 is 1.49 bits per heavy atom. The maximum absolute atomic E-state index is 13.7. The van der Waals surface area contributed by atoms with E-state index in [1.54, 1.807) is 19.1 Å². The lowest BCUT2D eigenvalue weighted by atomic mass is 10.0. The number of amides is 1. The molecule has 1 aromatic heterocycles. The summed E-state index contributed by atoms with van der Waals surface area (Å²) in [4.78, 5) is 22.4. The minimum Gasteiger partial charge on any atom is -0.495 e. The lowest BCUT2D eigenvalue weighted by molar-refractivity contribution is 0.0986. The van der Waals surface area contributed by atoms with Crippen molar-refractivity contribution in [3.63, 3.8) is 0 Å². The van der Waals surface area contributed by atoms with Gasteiger partial charge in [0.25, 0.3) is 5.91 Å². The first-order chi connectivity index (χ1) is 16.5. The molecule has 184 valence electrons. The molecule has 8 heteroatoms. The predicted octanol–water partition coefficient (Wildman–Crippen LogP) is 6.00. The first kappa shape index (κ1) is 26.5. The third-order valence-electron chi connectivity index (χ3n) is 5.60. The van der Waals surface area contributed by atoms with E-state index in [-0.39, 0.29) is 18.3 Å². The zero-order valence-electron chi connectivity index (χ0n) is 20.4. The number of carbonyl (C=O) groups is 1. The largest absolute Gasteiger partial charge is 0.495 e. The number of thiazole rings is 1. The smallest absolute Gasteiger partial charge is 0.260 e. The van der Waals surface area contributed by atoms with Crippen molar-refractivity contribution >= 4 is 45.0 Å². The second-order valence-electron chi connectivity index (χ2n) is 8.20. The van der Waals surface area contributed by atoms with Crippen LogP contribution in [0.2, 0.25) is 0 Å². The molecule has 0 radical (unpaired) electrons. The molecule has 0 saturated heterocycles. The van der Waals surface area contributed by atoms with E-state index in [0.717, 1.165) is 28.8 Å². The van der Waals surface area contributed by atoms with Crippen LogP contribution in [0, 0.1) is 0 Å². The van der Waals surface area contributed by atoms with Crippen molar-refractivity contribution in [2.45, 2.75) is 6.42 Å². The van der Waals surface area contributed by atoms with E-state index in [4.69, 9.17) is 14.5 Å². The highest BCUT2D eigenvalue weighted by atomic mass is 35.5. The summed E-state index contributed by atoms with van der Waals surface area (Å²) < 4.78 is 11.9. The third-order valence-corrected chi connectivity index (χ3v) is 6.69. The van der Waals surface area contributed by atoms with Gasteiger partial charge in [-0.25, -0.2) is 4.98 Å². The van der Waals surface area contributed by atoms with Gasteiger partial charge in [0.15, 0.2) is 5.13 Å². The van der Waals surface area contributed by atoms with Gasteiger partial charge in [0, 0.05) is 12.1 Å². The monoisotopic (exact) mass is 511 g/mol. The van der Waals surface area contributed by atoms with Crippen LogP contribution in [-0.2, 0) is 0 Å². The van der Waals surface area contributed by atoms with Gasteiger partial charge < -0.3 is 14.4 Å². The van der Waals surface area contributed by atoms with Crippen LogP contribution in [-0.4, -0.2) is 57.2 Å². The Hall–Kier alpha value is -3.13. The molecule has 0 spiro atoms. The molecule has 4 aromatic rings. The van der Waals surface area contributed by atoms with Crippen LogP contribution in [0.1, 0.15) is 16.8 Å². The van der Waals surface area contributed by atoms with Gasteiger partial charge in [-0.15, -0.1) is 12.4 Å². The van der Waals surface area contributed by atoms with Crippen LogP contribution in [0.4, 0.5) is 5.13 Å². The lowest BCUT2D eigenvalue weighted by Crippen LogP contribution is -2.33. The highest BCUT2D eigenvalue weighted by Crippen LogP contribution is 2.40. The highest BCUT2D eigenvalue weighted by molar-refractivity contribution is 7.22. The molecule has 1 heterocycles. The number of carbonyl (C=O) groups excluding carboxylic acids is 1. The SMILES string of the molecule is COc1ccc(OC)c2sc(N(CCCN(C)C)C(=O)c3ccc(-c4ccccc4)cc3)nc12.Cl. The van der Waals surface area contributed by atoms with Gasteiger partial charge in [0.2, 0.25) is 0 Å². The highest BCUT2D eigenvalue weighted by Gasteiger charge is 2.23. The molecule has 1 amide bonds. The summed E-state index contributed by atoms with van der Waals surface area (Å²) in [7, 11) is 7.31. The Balaban J connectivity index is 0.00000342. The van der Waals surface area contributed by atoms with Gasteiger partial charge in [0.1, 0.15) is 21.7 Å². The number of benzene rings is 3. The summed E-state index contributed by atoms with van der Waals surface area (Å²) in [5.74, 6) is 1.30. The molecule has 0 aliphatic carbocycles. The summed E-state index contributed by atoms with van der Waals surface area (Å²) in [5.41, 5.74) is 3.52. The average molecular weight is 512 g/mol. The Morgan fingerprint density at radius 1 is 0.857 bits per heavy atom.